The van der Waals surface area contributed by atoms with Crippen LogP contribution in [0.1, 0.15) is 73.3 Å². The van der Waals surface area contributed by atoms with Crippen molar-refractivity contribution in [3.8, 4) is 0 Å². The van der Waals surface area contributed by atoms with E-state index in [2.05, 4.69) is 26.7 Å². The Balaban J connectivity index is 1.61. The maximum absolute atomic E-state index is 14.6. The lowest BCUT2D eigenvalue weighted by atomic mass is 9.91. The number of aliphatic hydroxyl groups is 3. The van der Waals surface area contributed by atoms with Crippen LogP contribution in [-0.4, -0.2) is 122 Å². The number of aliphatic hydroxyl groups excluding tert-OH is 2. The molecule has 0 bridgehead atoms. The van der Waals surface area contributed by atoms with Gasteiger partial charge in [0.15, 0.2) is 6.10 Å². The Morgan fingerprint density at radius 3 is 2.09 bits per heavy atom. The van der Waals surface area contributed by atoms with Crippen LogP contribution in [0.3, 0.4) is 0 Å². The Morgan fingerprint density at radius 1 is 0.830 bits per heavy atom. The summed E-state index contributed by atoms with van der Waals surface area (Å²) in [6, 6.07) is -0.148. The van der Waals surface area contributed by atoms with Gasteiger partial charge in [0.25, 0.3) is 5.91 Å². The van der Waals surface area contributed by atoms with Crippen molar-refractivity contribution in [1.82, 2.24) is 31.3 Å². The molecule has 3 fully saturated rings. The van der Waals surface area contributed by atoms with Crippen LogP contribution in [0.15, 0.2) is 24.3 Å². The molecule has 4 heterocycles. The second-order valence-electron chi connectivity index (χ2n) is 15.7. The number of carbonyl (C=O) groups is 6. The van der Waals surface area contributed by atoms with Crippen LogP contribution in [-0.2, 0) is 39.1 Å². The molecule has 17 nitrogen and oxygen atoms in total. The van der Waals surface area contributed by atoms with E-state index in [1.54, 1.807) is 52.0 Å². The lowest BCUT2D eigenvalue weighted by molar-refractivity contribution is -0.172. The van der Waals surface area contributed by atoms with Gasteiger partial charge in [-0.1, -0.05) is 59.7 Å². The zero-order valence-corrected chi connectivity index (χ0v) is 31.2. The summed E-state index contributed by atoms with van der Waals surface area (Å²) in [4.78, 5) is 85.8. The summed E-state index contributed by atoms with van der Waals surface area (Å²) < 4.78 is 5.80. The molecule has 53 heavy (non-hydrogen) atoms. The van der Waals surface area contributed by atoms with Crippen LogP contribution in [0.2, 0.25) is 0 Å². The molecule has 1 aromatic rings. The third-order valence-corrected chi connectivity index (χ3v) is 10.4. The van der Waals surface area contributed by atoms with E-state index in [4.69, 9.17) is 4.74 Å². The SMILES string of the molecule is CC(C)C[C@H]1NC(=O)[C@@H]2C[C@H](O)CNN2C(=O)[C@@H](C(C)C)OC(=O)[C@H](C(C)C)NC(=O)[C@H]2C[C@]3(O)c4ccccc4N[C@@H]3N2C(=O)[C@H]([C@@H](C)O)NC1=O. The third kappa shape index (κ3) is 7.84. The molecular weight excluding hydrogens is 690 g/mol. The summed E-state index contributed by atoms with van der Waals surface area (Å²) >= 11 is 0. The number of esters is 1. The first-order valence-electron chi connectivity index (χ1n) is 18.3. The van der Waals surface area contributed by atoms with Gasteiger partial charge in [0.2, 0.25) is 23.6 Å². The van der Waals surface area contributed by atoms with E-state index in [-0.39, 0.29) is 31.7 Å². The Morgan fingerprint density at radius 2 is 1.47 bits per heavy atom. The van der Waals surface area contributed by atoms with Gasteiger partial charge in [-0.2, -0.15) is 0 Å². The fraction of sp³-hybridized carbons (Fsp3) is 0.667. The Labute approximate surface area is 308 Å². The quantitative estimate of drug-likeness (QED) is 0.166. The normalized spacial score (nSPS) is 33.5. The number of hydrogen-bond acceptors (Lipinski definition) is 12. The van der Waals surface area contributed by atoms with Crippen molar-refractivity contribution in [2.24, 2.45) is 17.8 Å². The molecule has 17 heteroatoms. The molecule has 0 radical (unpaired) electrons. The van der Waals surface area contributed by atoms with E-state index >= 15 is 0 Å². The number of cyclic esters (lactones) is 1. The Kier molecular flexibility index (Phi) is 11.7. The standard InChI is InChI=1S/C36H53N7O10/c1-16(2)12-23-29(46)41-27(19(7)44)32(49)42-25(14-36(52)21-10-8-9-11-22(21)39-35(36)42)31(48)40-26(17(3)4)34(51)53-28(18(5)6)33(50)43-24(30(47)38-23)13-20(45)15-37-43/h8-11,16-20,23-28,35,37,39,44-45,52H,12-15H2,1-7H3,(H,38,47)(H,40,48)(H,41,46)/t19-,20+,23-,24+,25-,26+,27+,28-,35-,36+/m1/s1. The molecule has 0 saturated carbocycles. The molecule has 0 aliphatic carbocycles. The molecular formula is C36H53N7O10. The zero-order valence-electron chi connectivity index (χ0n) is 31.2. The number of nitrogens with zero attached hydrogens (tertiary/aromatic N) is 2. The minimum Gasteiger partial charge on any atom is -0.450 e. The first-order chi connectivity index (χ1) is 24.8. The van der Waals surface area contributed by atoms with E-state index in [1.165, 1.54) is 6.92 Å². The van der Waals surface area contributed by atoms with E-state index < -0.39 is 108 Å². The average Bonchev–Trinajstić information content (AvgIpc) is 3.54. The smallest absolute Gasteiger partial charge is 0.329 e. The number of hydrazine groups is 1. The molecule has 4 aliphatic heterocycles. The number of hydrogen-bond donors (Lipinski definition) is 8. The first kappa shape index (κ1) is 39.9. The van der Waals surface area contributed by atoms with E-state index in [1.807, 2.05) is 13.8 Å². The van der Waals surface area contributed by atoms with E-state index in [9.17, 15) is 44.1 Å². The van der Waals surface area contributed by atoms with Gasteiger partial charge in [-0.15, -0.1) is 0 Å². The largest absolute Gasteiger partial charge is 0.450 e. The van der Waals surface area contributed by atoms with Gasteiger partial charge in [0.1, 0.15) is 42.0 Å². The van der Waals surface area contributed by atoms with E-state index in [0.29, 0.717) is 11.3 Å². The third-order valence-electron chi connectivity index (χ3n) is 10.4. The Hall–Kier alpha value is -4.32. The average molecular weight is 744 g/mol. The molecule has 1 aromatic carbocycles. The van der Waals surface area contributed by atoms with Gasteiger partial charge in [-0.05, 0) is 37.2 Å². The lowest BCUT2D eigenvalue weighted by Gasteiger charge is -2.40. The van der Waals surface area contributed by atoms with Crippen molar-refractivity contribution < 1.29 is 48.8 Å². The molecule has 4 aliphatic rings. The van der Waals surface area contributed by atoms with Gasteiger partial charge in [-0.25, -0.2) is 10.2 Å². The van der Waals surface area contributed by atoms with Crippen LogP contribution in [0.25, 0.3) is 0 Å². The fourth-order valence-corrected chi connectivity index (χ4v) is 7.54. The summed E-state index contributed by atoms with van der Waals surface area (Å²) in [5.74, 6) is -6.35. The van der Waals surface area contributed by atoms with Gasteiger partial charge >= 0.3 is 5.97 Å². The number of nitrogens with one attached hydrogen (secondary N) is 5. The second-order valence-corrected chi connectivity index (χ2v) is 15.7. The lowest BCUT2D eigenvalue weighted by Crippen LogP contribution is -2.67. The predicted octanol–water partition coefficient (Wildman–Crippen LogP) is -1.19. The number of amides is 5. The minimum atomic E-state index is -1.78. The molecule has 5 rings (SSSR count). The van der Waals surface area contributed by atoms with Crippen molar-refractivity contribution in [1.29, 1.82) is 0 Å². The van der Waals surface area contributed by atoms with Crippen LogP contribution in [0.4, 0.5) is 5.69 Å². The summed E-state index contributed by atoms with van der Waals surface area (Å²) in [5.41, 5.74) is 1.94. The molecule has 0 spiro atoms. The number of ether oxygens (including phenoxy) is 1. The van der Waals surface area contributed by atoms with Gasteiger partial charge in [-0.3, -0.25) is 29.0 Å². The van der Waals surface area contributed by atoms with Crippen LogP contribution in [0, 0.1) is 17.8 Å². The summed E-state index contributed by atoms with van der Waals surface area (Å²) in [5, 5.41) is 45.7. The summed E-state index contributed by atoms with van der Waals surface area (Å²) in [6.45, 7) is 11.4. The monoisotopic (exact) mass is 743 g/mol. The topological polar surface area (TPSA) is 239 Å². The maximum atomic E-state index is 14.6. The predicted molar refractivity (Wildman–Crippen MR) is 189 cm³/mol. The van der Waals surface area contributed by atoms with Crippen LogP contribution in [0.5, 0.6) is 0 Å². The number of rotatable bonds is 5. The summed E-state index contributed by atoms with van der Waals surface area (Å²) in [6.07, 6.45) is -5.59. The van der Waals surface area contributed by atoms with Crippen molar-refractivity contribution in [2.45, 2.75) is 128 Å². The molecule has 10 atom stereocenters. The van der Waals surface area contributed by atoms with Gasteiger partial charge in [0.05, 0.1) is 12.2 Å². The number of fused-ring (bicyclic) bond motifs is 6. The number of carbonyl (C=O) groups excluding carboxylic acids is 6. The fourth-order valence-electron chi connectivity index (χ4n) is 7.54. The highest BCUT2D eigenvalue weighted by Crippen LogP contribution is 2.49. The highest BCUT2D eigenvalue weighted by molar-refractivity contribution is 5.98. The number of benzene rings is 1. The Bertz CT molecular complexity index is 1600. The van der Waals surface area contributed by atoms with Crippen molar-refractivity contribution in [2.75, 3.05) is 11.9 Å². The van der Waals surface area contributed by atoms with E-state index in [0.717, 1.165) is 9.91 Å². The first-order valence-corrected chi connectivity index (χ1v) is 18.3. The van der Waals surface area contributed by atoms with Crippen LogP contribution >= 0.6 is 0 Å². The molecule has 5 amide bonds. The highest BCUT2D eigenvalue weighted by atomic mass is 16.6. The number of β-amino-alcohol motifs (C(OH)–C–C–N with tert-alkyl or cyclic N) is 1. The zero-order chi connectivity index (χ0) is 39.1. The maximum Gasteiger partial charge on any atom is 0.329 e. The molecule has 292 valence electrons. The van der Waals surface area contributed by atoms with Crippen LogP contribution < -0.4 is 26.7 Å². The van der Waals surface area contributed by atoms with Crippen molar-refractivity contribution >= 4 is 41.2 Å². The number of para-hydroxylation sites is 1. The molecule has 8 N–H and O–H groups in total. The molecule has 0 unspecified atom stereocenters. The van der Waals surface area contributed by atoms with Crippen molar-refractivity contribution in [3.63, 3.8) is 0 Å². The van der Waals surface area contributed by atoms with Gasteiger partial charge in [0, 0.05) is 30.6 Å². The highest BCUT2D eigenvalue weighted by Gasteiger charge is 2.61. The number of anilines is 1. The second kappa shape index (κ2) is 15.6. The van der Waals surface area contributed by atoms with Crippen molar-refractivity contribution in [3.05, 3.63) is 29.8 Å². The van der Waals surface area contributed by atoms with Gasteiger partial charge < -0.3 is 46.2 Å². The minimum absolute atomic E-state index is 0.0857. The summed E-state index contributed by atoms with van der Waals surface area (Å²) in [7, 11) is 0. The molecule has 3 saturated heterocycles. The molecule has 0 aromatic heterocycles.